The Morgan fingerprint density at radius 3 is 2.63 bits per heavy atom. The first kappa shape index (κ1) is 20.8. The maximum atomic E-state index is 12.5. The second kappa shape index (κ2) is 9.12. The molecule has 3 heterocycles. The van der Waals surface area contributed by atoms with Crippen molar-refractivity contribution in [2.75, 3.05) is 39.3 Å². The molecule has 2 aromatic heterocycles. The highest BCUT2D eigenvalue weighted by atomic mass is 16.5. The summed E-state index contributed by atoms with van der Waals surface area (Å²) in [6, 6.07) is 1.80. The van der Waals surface area contributed by atoms with Crippen LogP contribution in [0.5, 0.6) is 0 Å². The molecule has 8 heteroatoms. The lowest BCUT2D eigenvalue weighted by Crippen LogP contribution is -2.51. The summed E-state index contributed by atoms with van der Waals surface area (Å²) in [5, 5.41) is 7.83. The van der Waals surface area contributed by atoms with Crippen LogP contribution < -0.4 is 5.32 Å². The Kier molecular flexibility index (Phi) is 6.32. The molecule has 0 bridgehead atoms. The van der Waals surface area contributed by atoms with Crippen LogP contribution in [0.2, 0.25) is 0 Å². The van der Waals surface area contributed by atoms with Crippen molar-refractivity contribution in [1.82, 2.24) is 25.3 Å². The number of carbonyl (C=O) groups excluding carboxylic acids is 2. The first-order valence-corrected chi connectivity index (χ1v) is 11.1. The number of fused-ring (bicyclic) bond motifs is 1. The topological polar surface area (TPSA) is 91.6 Å². The Morgan fingerprint density at radius 2 is 1.93 bits per heavy atom. The normalized spacial score (nSPS) is 18.4. The van der Waals surface area contributed by atoms with Crippen molar-refractivity contribution in [3.05, 3.63) is 23.5 Å². The van der Waals surface area contributed by atoms with Gasteiger partial charge < -0.3 is 14.7 Å². The molecule has 1 saturated heterocycles. The molecule has 1 aliphatic heterocycles. The van der Waals surface area contributed by atoms with Crippen LogP contribution in [0, 0.1) is 5.92 Å². The number of rotatable bonds is 6. The Labute approximate surface area is 177 Å². The SMILES string of the molecule is CC(C)c1noc2ncc(C(=O)NCCN3CCN(C(=O)C4CCCC4)CC3)cc12. The van der Waals surface area contributed by atoms with Gasteiger partial charge in [-0.2, -0.15) is 0 Å². The summed E-state index contributed by atoms with van der Waals surface area (Å²) < 4.78 is 5.24. The molecule has 4 rings (SSSR count). The van der Waals surface area contributed by atoms with Gasteiger partial charge in [-0.25, -0.2) is 4.98 Å². The van der Waals surface area contributed by atoms with Gasteiger partial charge in [0, 0.05) is 51.4 Å². The highest BCUT2D eigenvalue weighted by Gasteiger charge is 2.29. The van der Waals surface area contributed by atoms with E-state index in [2.05, 4.69) is 20.4 Å². The zero-order valence-electron chi connectivity index (χ0n) is 17.9. The predicted octanol–water partition coefficient (Wildman–Crippen LogP) is 2.41. The smallest absolute Gasteiger partial charge is 0.257 e. The van der Waals surface area contributed by atoms with E-state index in [-0.39, 0.29) is 17.7 Å². The molecule has 0 atom stereocenters. The van der Waals surface area contributed by atoms with Gasteiger partial charge in [0.2, 0.25) is 5.91 Å². The van der Waals surface area contributed by atoms with Crippen LogP contribution in [0.4, 0.5) is 0 Å². The van der Waals surface area contributed by atoms with Crippen molar-refractivity contribution >= 4 is 22.9 Å². The van der Waals surface area contributed by atoms with Crippen molar-refractivity contribution in [3.8, 4) is 0 Å². The van der Waals surface area contributed by atoms with Crippen molar-refractivity contribution in [2.45, 2.75) is 45.4 Å². The molecular formula is C22H31N5O3. The molecular weight excluding hydrogens is 382 g/mol. The van der Waals surface area contributed by atoms with Gasteiger partial charge in [-0.3, -0.25) is 14.5 Å². The minimum absolute atomic E-state index is 0.143. The molecule has 162 valence electrons. The number of hydrogen-bond acceptors (Lipinski definition) is 6. The number of hydrogen-bond donors (Lipinski definition) is 1. The van der Waals surface area contributed by atoms with E-state index in [4.69, 9.17) is 4.52 Å². The number of amides is 2. The largest absolute Gasteiger partial charge is 0.351 e. The van der Waals surface area contributed by atoms with Gasteiger partial charge in [0.15, 0.2) is 0 Å². The monoisotopic (exact) mass is 413 g/mol. The van der Waals surface area contributed by atoms with E-state index < -0.39 is 0 Å². The fraction of sp³-hybridized carbons (Fsp3) is 0.636. The van der Waals surface area contributed by atoms with E-state index in [0.717, 1.165) is 56.6 Å². The molecule has 2 aliphatic rings. The predicted molar refractivity (Wildman–Crippen MR) is 113 cm³/mol. The lowest BCUT2D eigenvalue weighted by atomic mass is 10.1. The second-order valence-corrected chi connectivity index (χ2v) is 8.70. The van der Waals surface area contributed by atoms with E-state index >= 15 is 0 Å². The zero-order chi connectivity index (χ0) is 21.1. The van der Waals surface area contributed by atoms with Crippen LogP contribution in [0.15, 0.2) is 16.8 Å². The maximum Gasteiger partial charge on any atom is 0.257 e. The van der Waals surface area contributed by atoms with E-state index in [1.807, 2.05) is 18.7 Å². The second-order valence-electron chi connectivity index (χ2n) is 8.70. The minimum atomic E-state index is -0.143. The summed E-state index contributed by atoms with van der Waals surface area (Å²) in [6.07, 6.45) is 6.02. The van der Waals surface area contributed by atoms with Crippen LogP contribution in [-0.4, -0.2) is 71.0 Å². The number of nitrogens with one attached hydrogen (secondary N) is 1. The fourth-order valence-corrected chi connectivity index (χ4v) is 4.44. The summed E-state index contributed by atoms with van der Waals surface area (Å²) in [4.78, 5) is 33.6. The van der Waals surface area contributed by atoms with Gasteiger partial charge in [-0.1, -0.05) is 31.8 Å². The van der Waals surface area contributed by atoms with Crippen molar-refractivity contribution in [2.24, 2.45) is 5.92 Å². The number of pyridine rings is 1. The molecule has 2 amide bonds. The molecule has 0 aromatic carbocycles. The molecule has 30 heavy (non-hydrogen) atoms. The van der Waals surface area contributed by atoms with Gasteiger partial charge in [0.25, 0.3) is 11.6 Å². The third kappa shape index (κ3) is 4.48. The van der Waals surface area contributed by atoms with E-state index in [9.17, 15) is 9.59 Å². The highest BCUT2D eigenvalue weighted by Crippen LogP contribution is 2.27. The van der Waals surface area contributed by atoms with Crippen LogP contribution in [0.1, 0.15) is 61.5 Å². The molecule has 0 radical (unpaired) electrons. The Morgan fingerprint density at radius 1 is 1.20 bits per heavy atom. The van der Waals surface area contributed by atoms with Crippen molar-refractivity contribution in [3.63, 3.8) is 0 Å². The molecule has 0 unspecified atom stereocenters. The molecule has 8 nitrogen and oxygen atoms in total. The number of nitrogens with zero attached hydrogens (tertiary/aromatic N) is 4. The standard InChI is InChI=1S/C22H31N5O3/c1-15(2)19-18-13-17(14-24-21(18)30-25-19)20(28)23-7-8-26-9-11-27(12-10-26)22(29)16-5-3-4-6-16/h13-16H,3-12H2,1-2H3,(H,23,28). The van der Waals surface area contributed by atoms with Gasteiger partial charge in [0.1, 0.15) is 0 Å². The van der Waals surface area contributed by atoms with E-state index in [1.165, 1.54) is 19.0 Å². The fourth-order valence-electron chi connectivity index (χ4n) is 4.44. The summed E-state index contributed by atoms with van der Waals surface area (Å²) in [7, 11) is 0. The molecule has 1 aliphatic carbocycles. The maximum absolute atomic E-state index is 12.5. The summed E-state index contributed by atoms with van der Waals surface area (Å²) in [6.45, 7) is 8.70. The Bertz CT molecular complexity index is 895. The first-order valence-electron chi connectivity index (χ1n) is 11.1. The number of carbonyl (C=O) groups is 2. The minimum Gasteiger partial charge on any atom is -0.351 e. The Hall–Kier alpha value is -2.48. The third-order valence-electron chi connectivity index (χ3n) is 6.27. The molecule has 2 fully saturated rings. The lowest BCUT2D eigenvalue weighted by molar-refractivity contribution is -0.137. The van der Waals surface area contributed by atoms with E-state index in [1.54, 1.807) is 6.07 Å². The lowest BCUT2D eigenvalue weighted by Gasteiger charge is -2.36. The van der Waals surface area contributed by atoms with Gasteiger partial charge in [-0.15, -0.1) is 0 Å². The van der Waals surface area contributed by atoms with Crippen LogP contribution in [-0.2, 0) is 4.79 Å². The van der Waals surface area contributed by atoms with Gasteiger partial charge >= 0.3 is 0 Å². The average Bonchev–Trinajstić information content (AvgIpc) is 3.43. The Balaban J connectivity index is 1.24. The summed E-state index contributed by atoms with van der Waals surface area (Å²) in [5.74, 6) is 0.655. The zero-order valence-corrected chi connectivity index (χ0v) is 17.9. The van der Waals surface area contributed by atoms with Gasteiger partial charge in [-0.05, 0) is 24.8 Å². The molecule has 0 spiro atoms. The van der Waals surface area contributed by atoms with Crippen LogP contribution >= 0.6 is 0 Å². The number of aromatic nitrogens is 2. The van der Waals surface area contributed by atoms with E-state index in [0.29, 0.717) is 23.7 Å². The number of piperazine rings is 1. The first-order chi connectivity index (χ1) is 14.5. The quantitative estimate of drug-likeness (QED) is 0.782. The highest BCUT2D eigenvalue weighted by molar-refractivity contribution is 5.97. The molecule has 1 saturated carbocycles. The van der Waals surface area contributed by atoms with Crippen LogP contribution in [0.3, 0.4) is 0 Å². The van der Waals surface area contributed by atoms with Crippen molar-refractivity contribution < 1.29 is 14.1 Å². The molecule has 2 aromatic rings. The third-order valence-corrected chi connectivity index (χ3v) is 6.27. The van der Waals surface area contributed by atoms with Crippen LogP contribution in [0.25, 0.3) is 11.1 Å². The van der Waals surface area contributed by atoms with Crippen molar-refractivity contribution in [1.29, 1.82) is 0 Å². The average molecular weight is 414 g/mol. The molecule has 1 N–H and O–H groups in total. The summed E-state index contributed by atoms with van der Waals surface area (Å²) in [5.41, 5.74) is 1.79. The van der Waals surface area contributed by atoms with Gasteiger partial charge in [0.05, 0.1) is 16.6 Å². The summed E-state index contributed by atoms with van der Waals surface area (Å²) >= 11 is 0.